The van der Waals surface area contributed by atoms with Gasteiger partial charge >= 0.3 is 6.03 Å². The van der Waals surface area contributed by atoms with Gasteiger partial charge in [-0.15, -0.1) is 0 Å². The van der Waals surface area contributed by atoms with Gasteiger partial charge in [-0.1, -0.05) is 30.7 Å². The topological polar surface area (TPSA) is 94.7 Å². The van der Waals surface area contributed by atoms with Crippen molar-refractivity contribution in [3.05, 3.63) is 78.4 Å². The summed E-state index contributed by atoms with van der Waals surface area (Å²) >= 11 is 0. The average Bonchev–Trinajstić information content (AvgIpc) is 2.92. The van der Waals surface area contributed by atoms with Gasteiger partial charge in [0.15, 0.2) is 0 Å². The van der Waals surface area contributed by atoms with Crippen LogP contribution in [-0.2, 0) is 0 Å². The molecule has 194 valence electrons. The van der Waals surface area contributed by atoms with E-state index in [9.17, 15) is 9.59 Å². The fourth-order valence-electron chi connectivity index (χ4n) is 4.40. The number of nitrogens with zero attached hydrogens (tertiary/aromatic N) is 1. The number of likely N-dealkylation sites (tertiary alicyclic amines) is 1. The molecule has 0 spiro atoms. The quantitative estimate of drug-likeness (QED) is 0.268. The number of hydrogen-bond acceptors (Lipinski definition) is 5. The second-order valence-electron chi connectivity index (χ2n) is 9.08. The minimum atomic E-state index is -0.395. The Bertz CT molecular complexity index is 1180. The second kappa shape index (κ2) is 13.3. The van der Waals surface area contributed by atoms with E-state index in [-0.39, 0.29) is 5.91 Å². The number of hydrogen-bond donors (Lipinski definition) is 4. The van der Waals surface area contributed by atoms with Crippen molar-refractivity contribution in [1.29, 1.82) is 0 Å². The van der Waals surface area contributed by atoms with E-state index < -0.39 is 6.03 Å². The molecule has 0 bridgehead atoms. The largest absolute Gasteiger partial charge is 0.496 e. The number of piperidine rings is 1. The highest BCUT2D eigenvalue weighted by atomic mass is 16.5. The van der Waals surface area contributed by atoms with Crippen molar-refractivity contribution in [2.24, 2.45) is 0 Å². The highest BCUT2D eigenvalue weighted by Crippen LogP contribution is 2.24. The van der Waals surface area contributed by atoms with Crippen molar-refractivity contribution in [1.82, 2.24) is 10.2 Å². The van der Waals surface area contributed by atoms with Gasteiger partial charge in [0.05, 0.1) is 12.7 Å². The van der Waals surface area contributed by atoms with Gasteiger partial charge in [0, 0.05) is 35.4 Å². The summed E-state index contributed by atoms with van der Waals surface area (Å²) in [6.07, 6.45) is 4.76. The van der Waals surface area contributed by atoms with Crippen LogP contribution in [0.3, 0.4) is 0 Å². The molecule has 3 aromatic carbocycles. The summed E-state index contributed by atoms with van der Waals surface area (Å²) in [4.78, 5) is 27.8. The van der Waals surface area contributed by atoms with E-state index in [1.165, 1.54) is 26.4 Å². The van der Waals surface area contributed by atoms with E-state index in [4.69, 9.17) is 4.74 Å². The van der Waals surface area contributed by atoms with Crippen molar-refractivity contribution in [3.63, 3.8) is 0 Å². The van der Waals surface area contributed by atoms with Gasteiger partial charge < -0.3 is 30.9 Å². The molecule has 0 aliphatic carbocycles. The minimum absolute atomic E-state index is 0.186. The van der Waals surface area contributed by atoms with E-state index >= 15 is 0 Å². The third-order valence-electron chi connectivity index (χ3n) is 6.27. The smallest absolute Gasteiger partial charge is 0.323 e. The molecule has 1 saturated heterocycles. The lowest BCUT2D eigenvalue weighted by molar-refractivity contribution is 0.0948. The summed E-state index contributed by atoms with van der Waals surface area (Å²) in [7, 11) is 1.51. The van der Waals surface area contributed by atoms with Gasteiger partial charge in [0.1, 0.15) is 5.75 Å². The van der Waals surface area contributed by atoms with Crippen LogP contribution in [0.4, 0.5) is 27.5 Å². The van der Waals surface area contributed by atoms with E-state index in [1.807, 2.05) is 54.6 Å². The number of carbonyl (C=O) groups is 2. The van der Waals surface area contributed by atoms with Crippen molar-refractivity contribution >= 4 is 34.7 Å². The van der Waals surface area contributed by atoms with Crippen LogP contribution < -0.4 is 26.0 Å². The molecular weight excluding hydrogens is 466 g/mol. The first kappa shape index (κ1) is 26.0. The summed E-state index contributed by atoms with van der Waals surface area (Å²) in [6.45, 7) is 3.92. The molecule has 0 saturated carbocycles. The number of benzene rings is 3. The number of amides is 3. The van der Waals surface area contributed by atoms with Gasteiger partial charge in [0.25, 0.3) is 5.91 Å². The lowest BCUT2D eigenvalue weighted by atomic mass is 10.1. The summed E-state index contributed by atoms with van der Waals surface area (Å²) in [5.41, 5.74) is 3.42. The van der Waals surface area contributed by atoms with E-state index in [0.717, 1.165) is 37.4 Å². The molecule has 0 radical (unpaired) electrons. The first-order valence-corrected chi connectivity index (χ1v) is 12.8. The van der Waals surface area contributed by atoms with Crippen molar-refractivity contribution in [3.8, 4) is 5.75 Å². The molecule has 0 unspecified atom stereocenters. The molecule has 4 rings (SSSR count). The Morgan fingerprint density at radius 1 is 0.811 bits per heavy atom. The molecule has 1 heterocycles. The standard InChI is InChI=1S/C29H35N5O3/c1-37-27-21-25(14-15-26(27)28(35)30-16-9-19-34-17-6-3-7-18-34)33-29(36)32-24-13-8-12-23(20-24)31-22-10-4-2-5-11-22/h2,4-5,8,10-15,20-21,31H,3,6-7,9,16-19H2,1H3,(H,30,35)(H2,32,33,36). The maximum absolute atomic E-state index is 12.7. The first-order chi connectivity index (χ1) is 18.1. The Hall–Kier alpha value is -4.04. The molecule has 1 aliphatic heterocycles. The van der Waals surface area contributed by atoms with Crippen LogP contribution in [0.1, 0.15) is 36.0 Å². The van der Waals surface area contributed by atoms with Crippen molar-refractivity contribution in [2.45, 2.75) is 25.7 Å². The SMILES string of the molecule is COc1cc(NC(=O)Nc2cccc(Nc3ccccc3)c2)ccc1C(=O)NCCCN1CCCCC1. The number of nitrogens with one attached hydrogen (secondary N) is 4. The van der Waals surface area contributed by atoms with Crippen LogP contribution in [0.25, 0.3) is 0 Å². The predicted molar refractivity (Wildman–Crippen MR) is 149 cm³/mol. The molecule has 37 heavy (non-hydrogen) atoms. The monoisotopic (exact) mass is 501 g/mol. The van der Waals surface area contributed by atoms with E-state index in [0.29, 0.717) is 29.2 Å². The Balaban J connectivity index is 1.28. The summed E-state index contributed by atoms with van der Waals surface area (Å²) in [5.74, 6) is 0.217. The third-order valence-corrected chi connectivity index (χ3v) is 6.27. The number of carbonyl (C=O) groups excluding carboxylic acids is 2. The van der Waals surface area contributed by atoms with E-state index in [2.05, 4.69) is 26.2 Å². The van der Waals surface area contributed by atoms with Gasteiger partial charge in [-0.3, -0.25) is 4.79 Å². The van der Waals surface area contributed by atoms with Crippen LogP contribution >= 0.6 is 0 Å². The third kappa shape index (κ3) is 7.98. The highest BCUT2D eigenvalue weighted by Gasteiger charge is 2.15. The summed E-state index contributed by atoms with van der Waals surface area (Å²) in [5, 5.41) is 11.9. The fourth-order valence-corrected chi connectivity index (χ4v) is 4.40. The average molecular weight is 502 g/mol. The molecule has 0 atom stereocenters. The molecule has 4 N–H and O–H groups in total. The number of rotatable bonds is 10. The molecule has 3 aromatic rings. The van der Waals surface area contributed by atoms with Gasteiger partial charge in [-0.2, -0.15) is 0 Å². The lowest BCUT2D eigenvalue weighted by Gasteiger charge is -2.26. The Labute approximate surface area is 218 Å². The normalized spacial score (nSPS) is 13.4. The van der Waals surface area contributed by atoms with Crippen LogP contribution in [0, 0.1) is 0 Å². The van der Waals surface area contributed by atoms with Crippen LogP contribution in [0.5, 0.6) is 5.75 Å². The molecule has 0 aromatic heterocycles. The lowest BCUT2D eigenvalue weighted by Crippen LogP contribution is -2.33. The van der Waals surface area contributed by atoms with Crippen molar-refractivity contribution < 1.29 is 14.3 Å². The van der Waals surface area contributed by atoms with Gasteiger partial charge in [-0.05, 0) is 81.4 Å². The maximum atomic E-state index is 12.7. The van der Waals surface area contributed by atoms with Gasteiger partial charge in [0.2, 0.25) is 0 Å². The van der Waals surface area contributed by atoms with Crippen LogP contribution in [-0.4, -0.2) is 50.1 Å². The zero-order valence-electron chi connectivity index (χ0n) is 21.3. The number of urea groups is 1. The minimum Gasteiger partial charge on any atom is -0.496 e. The van der Waals surface area contributed by atoms with Gasteiger partial charge in [-0.25, -0.2) is 4.79 Å². The second-order valence-corrected chi connectivity index (χ2v) is 9.08. The zero-order chi connectivity index (χ0) is 25.9. The van der Waals surface area contributed by atoms with Crippen molar-refractivity contribution in [2.75, 3.05) is 49.2 Å². The molecule has 1 aliphatic rings. The van der Waals surface area contributed by atoms with Crippen LogP contribution in [0.15, 0.2) is 72.8 Å². The fraction of sp³-hybridized carbons (Fsp3) is 0.310. The summed E-state index contributed by atoms with van der Waals surface area (Å²) in [6, 6.07) is 21.9. The predicted octanol–water partition coefficient (Wildman–Crippen LogP) is 5.69. The molecule has 1 fully saturated rings. The molecule has 3 amide bonds. The Morgan fingerprint density at radius 3 is 2.27 bits per heavy atom. The summed E-state index contributed by atoms with van der Waals surface area (Å²) < 4.78 is 5.43. The molecule has 8 heteroatoms. The van der Waals surface area contributed by atoms with E-state index in [1.54, 1.807) is 18.2 Å². The van der Waals surface area contributed by atoms with Crippen LogP contribution in [0.2, 0.25) is 0 Å². The molecule has 8 nitrogen and oxygen atoms in total. The number of ether oxygens (including phenoxy) is 1. The number of para-hydroxylation sites is 1. The maximum Gasteiger partial charge on any atom is 0.323 e. The first-order valence-electron chi connectivity index (χ1n) is 12.8. The zero-order valence-corrected chi connectivity index (χ0v) is 21.3. The Morgan fingerprint density at radius 2 is 1.51 bits per heavy atom. The number of anilines is 4. The Kier molecular flexibility index (Phi) is 9.37. The molecular formula is C29H35N5O3. The number of methoxy groups -OCH3 is 1. The highest BCUT2D eigenvalue weighted by molar-refractivity contribution is 6.01.